The lowest BCUT2D eigenvalue weighted by Gasteiger charge is -2.09. The Morgan fingerprint density at radius 1 is 0.879 bits per heavy atom. The predicted molar refractivity (Wildman–Crippen MR) is 120 cm³/mol. The number of pyridine rings is 1. The van der Waals surface area contributed by atoms with Crippen molar-refractivity contribution in [3.63, 3.8) is 0 Å². The minimum absolute atomic E-state index is 0.148. The number of carbonyl (C=O) groups is 3. The fourth-order valence-corrected chi connectivity index (χ4v) is 2.68. The fraction of sp³-hybridized carbons (Fsp3) is 0.304. The van der Waals surface area contributed by atoms with Gasteiger partial charge in [0.05, 0.1) is 26.5 Å². The SMILES string of the molecule is CCOC(=O)c1cc(C#Cc2cc(OCC(=O)OC)cc(OCC(=O)OC)c2)cc(CBr)n1. The highest BCUT2D eigenvalue weighted by Gasteiger charge is 2.11. The molecule has 0 aliphatic rings. The van der Waals surface area contributed by atoms with Crippen molar-refractivity contribution >= 4 is 33.8 Å². The van der Waals surface area contributed by atoms with Crippen LogP contribution in [0.3, 0.4) is 0 Å². The summed E-state index contributed by atoms with van der Waals surface area (Å²) in [4.78, 5) is 39.1. The predicted octanol–water partition coefficient (Wildman–Crippen LogP) is 2.66. The molecule has 0 aliphatic carbocycles. The summed E-state index contributed by atoms with van der Waals surface area (Å²) in [6.45, 7) is 1.31. The molecule has 33 heavy (non-hydrogen) atoms. The van der Waals surface area contributed by atoms with Crippen molar-refractivity contribution in [3.8, 4) is 23.3 Å². The molecular formula is C23H22BrNO8. The normalized spacial score (nSPS) is 9.82. The number of hydrogen-bond acceptors (Lipinski definition) is 9. The van der Waals surface area contributed by atoms with E-state index in [0.717, 1.165) is 0 Å². The second-order valence-electron chi connectivity index (χ2n) is 6.26. The molecule has 10 heteroatoms. The Balaban J connectivity index is 2.37. The molecule has 0 spiro atoms. The van der Waals surface area contributed by atoms with Gasteiger partial charge in [0, 0.05) is 22.5 Å². The largest absolute Gasteiger partial charge is 0.482 e. The molecule has 0 aliphatic heterocycles. The van der Waals surface area contributed by atoms with E-state index >= 15 is 0 Å². The number of alkyl halides is 1. The van der Waals surface area contributed by atoms with Crippen LogP contribution < -0.4 is 9.47 Å². The highest BCUT2D eigenvalue weighted by atomic mass is 79.9. The topological polar surface area (TPSA) is 110 Å². The van der Waals surface area contributed by atoms with Gasteiger partial charge in [-0.05, 0) is 31.2 Å². The molecule has 1 aromatic heterocycles. The molecule has 0 unspecified atom stereocenters. The van der Waals surface area contributed by atoms with Crippen molar-refractivity contribution in [1.29, 1.82) is 0 Å². The summed E-state index contributed by atoms with van der Waals surface area (Å²) in [5.74, 6) is 4.83. The van der Waals surface area contributed by atoms with Crippen LogP contribution in [-0.4, -0.2) is 56.9 Å². The summed E-state index contributed by atoms with van der Waals surface area (Å²) >= 11 is 3.33. The first kappa shape index (κ1) is 25.7. The number of hydrogen-bond donors (Lipinski definition) is 0. The van der Waals surface area contributed by atoms with Gasteiger partial charge in [0.15, 0.2) is 13.2 Å². The van der Waals surface area contributed by atoms with Crippen LogP contribution in [0, 0.1) is 11.8 Å². The fourth-order valence-electron chi connectivity index (χ4n) is 2.40. The third kappa shape index (κ3) is 8.46. The zero-order valence-electron chi connectivity index (χ0n) is 18.3. The molecule has 0 N–H and O–H groups in total. The van der Waals surface area contributed by atoms with E-state index in [1.54, 1.807) is 25.1 Å². The van der Waals surface area contributed by atoms with Crippen LogP contribution in [0.25, 0.3) is 0 Å². The zero-order chi connectivity index (χ0) is 24.2. The lowest BCUT2D eigenvalue weighted by molar-refractivity contribution is -0.143. The molecule has 0 atom stereocenters. The van der Waals surface area contributed by atoms with Gasteiger partial charge in [-0.15, -0.1) is 0 Å². The van der Waals surface area contributed by atoms with E-state index < -0.39 is 17.9 Å². The van der Waals surface area contributed by atoms with E-state index in [1.807, 2.05) is 0 Å². The van der Waals surface area contributed by atoms with Crippen LogP contribution in [0.15, 0.2) is 30.3 Å². The van der Waals surface area contributed by atoms with Crippen LogP contribution in [-0.2, 0) is 29.1 Å². The Morgan fingerprint density at radius 2 is 1.42 bits per heavy atom. The van der Waals surface area contributed by atoms with Gasteiger partial charge in [0.25, 0.3) is 0 Å². The minimum atomic E-state index is -0.561. The molecule has 0 fully saturated rings. The molecule has 9 nitrogen and oxygen atoms in total. The van der Waals surface area contributed by atoms with Gasteiger partial charge in [-0.2, -0.15) is 0 Å². The highest BCUT2D eigenvalue weighted by Crippen LogP contribution is 2.23. The number of benzene rings is 1. The number of ether oxygens (including phenoxy) is 5. The van der Waals surface area contributed by atoms with E-state index in [0.29, 0.717) is 22.2 Å². The summed E-state index contributed by atoms with van der Waals surface area (Å²) in [7, 11) is 2.50. The van der Waals surface area contributed by atoms with Crippen molar-refractivity contribution in [1.82, 2.24) is 4.98 Å². The smallest absolute Gasteiger partial charge is 0.356 e. The Hall–Kier alpha value is -3.58. The van der Waals surface area contributed by atoms with Crippen molar-refractivity contribution in [2.75, 3.05) is 34.0 Å². The second kappa shape index (κ2) is 13.1. The molecule has 2 aromatic rings. The number of rotatable bonds is 9. The van der Waals surface area contributed by atoms with Crippen molar-refractivity contribution < 1.29 is 38.1 Å². The average molecular weight is 520 g/mol. The molecule has 0 saturated carbocycles. The molecule has 0 amide bonds. The number of esters is 3. The molecule has 174 valence electrons. The van der Waals surface area contributed by atoms with E-state index in [4.69, 9.17) is 14.2 Å². The summed E-state index contributed by atoms with van der Waals surface area (Å²) in [6, 6.07) is 7.96. The summed E-state index contributed by atoms with van der Waals surface area (Å²) < 4.78 is 25.0. The third-order valence-corrected chi connectivity index (χ3v) is 4.47. The first-order chi connectivity index (χ1) is 15.9. The number of halogens is 1. The second-order valence-corrected chi connectivity index (χ2v) is 6.82. The minimum Gasteiger partial charge on any atom is -0.482 e. The van der Waals surface area contributed by atoms with Crippen molar-refractivity contribution in [2.24, 2.45) is 0 Å². The Bertz CT molecular complexity index is 1040. The Kier molecular flexibility index (Phi) is 10.2. The van der Waals surface area contributed by atoms with Gasteiger partial charge >= 0.3 is 17.9 Å². The van der Waals surface area contributed by atoms with Gasteiger partial charge in [0.2, 0.25) is 0 Å². The van der Waals surface area contributed by atoms with Gasteiger partial charge in [0.1, 0.15) is 17.2 Å². The summed E-state index contributed by atoms with van der Waals surface area (Å²) in [5, 5.41) is 0.428. The maximum Gasteiger partial charge on any atom is 0.356 e. The van der Waals surface area contributed by atoms with Gasteiger partial charge in [-0.1, -0.05) is 27.8 Å². The molecule has 2 rings (SSSR count). The van der Waals surface area contributed by atoms with Gasteiger partial charge in [-0.3, -0.25) is 0 Å². The summed E-state index contributed by atoms with van der Waals surface area (Å²) in [5.41, 5.74) is 1.78. The van der Waals surface area contributed by atoms with E-state index in [9.17, 15) is 14.4 Å². The maximum atomic E-state index is 12.1. The Morgan fingerprint density at radius 3 is 1.91 bits per heavy atom. The maximum absolute atomic E-state index is 12.1. The van der Waals surface area contributed by atoms with Crippen molar-refractivity contribution in [2.45, 2.75) is 12.3 Å². The quantitative estimate of drug-likeness (QED) is 0.213. The molecular weight excluding hydrogens is 498 g/mol. The van der Waals surface area contributed by atoms with Crippen LogP contribution in [0.2, 0.25) is 0 Å². The first-order valence-electron chi connectivity index (χ1n) is 9.68. The summed E-state index contributed by atoms with van der Waals surface area (Å²) in [6.07, 6.45) is 0. The number of methoxy groups -OCH3 is 2. The number of nitrogens with zero attached hydrogens (tertiary/aromatic N) is 1. The monoisotopic (exact) mass is 519 g/mol. The van der Waals surface area contributed by atoms with Crippen LogP contribution >= 0.6 is 15.9 Å². The molecule has 0 radical (unpaired) electrons. The molecule has 1 aromatic carbocycles. The van der Waals surface area contributed by atoms with Crippen LogP contribution in [0.1, 0.15) is 34.2 Å². The van der Waals surface area contributed by atoms with Gasteiger partial charge < -0.3 is 23.7 Å². The molecule has 1 heterocycles. The van der Waals surface area contributed by atoms with Crippen LogP contribution in [0.5, 0.6) is 11.5 Å². The molecule has 0 saturated heterocycles. The standard InChI is InChI=1S/C23H22BrNO8/c1-4-31-23(28)20-10-15(7-17(12-24)25-20)5-6-16-8-18(32-13-21(26)29-2)11-19(9-16)33-14-22(27)30-3/h7-11H,4,12-14H2,1-3H3. The number of carbonyl (C=O) groups excluding carboxylic acids is 3. The van der Waals surface area contributed by atoms with E-state index in [1.165, 1.54) is 26.4 Å². The lowest BCUT2D eigenvalue weighted by atomic mass is 10.1. The number of aromatic nitrogens is 1. The van der Waals surface area contributed by atoms with Crippen molar-refractivity contribution in [3.05, 3.63) is 52.8 Å². The zero-order valence-corrected chi connectivity index (χ0v) is 19.9. The average Bonchev–Trinajstić information content (AvgIpc) is 2.84. The first-order valence-corrected chi connectivity index (χ1v) is 10.8. The molecule has 0 bridgehead atoms. The Labute approximate surface area is 199 Å². The van der Waals surface area contributed by atoms with Gasteiger partial charge in [-0.25, -0.2) is 19.4 Å². The van der Waals surface area contributed by atoms with E-state index in [-0.39, 0.29) is 37.0 Å². The highest BCUT2D eigenvalue weighted by molar-refractivity contribution is 9.08. The third-order valence-electron chi connectivity index (χ3n) is 3.90. The van der Waals surface area contributed by atoms with E-state index in [2.05, 4.69) is 42.2 Å². The van der Waals surface area contributed by atoms with Crippen LogP contribution in [0.4, 0.5) is 0 Å². The lowest BCUT2D eigenvalue weighted by Crippen LogP contribution is -2.14.